The second-order valence-corrected chi connectivity index (χ2v) is 4.87. The van der Waals surface area contributed by atoms with Gasteiger partial charge in [-0.2, -0.15) is 0 Å². The first-order valence-corrected chi connectivity index (χ1v) is 6.25. The first kappa shape index (κ1) is 9.94. The lowest BCUT2D eigenvalue weighted by Crippen LogP contribution is -2.14. The zero-order valence-electron chi connectivity index (χ0n) is 9.46. The molecule has 3 rings (SSSR count). The van der Waals surface area contributed by atoms with Gasteiger partial charge in [0.15, 0.2) is 0 Å². The summed E-state index contributed by atoms with van der Waals surface area (Å²) in [6.07, 6.45) is 7.71. The van der Waals surface area contributed by atoms with E-state index < -0.39 is 5.97 Å². The zero-order valence-corrected chi connectivity index (χ0v) is 9.46. The van der Waals surface area contributed by atoms with Crippen LogP contribution in [0.15, 0.2) is 0 Å². The highest BCUT2D eigenvalue weighted by molar-refractivity contribution is 5.91. The number of fused-ring (bicyclic) bond motifs is 3. The first-order chi connectivity index (χ1) is 7.79. The molecule has 1 aliphatic heterocycles. The Bertz CT molecular complexity index is 412. The van der Waals surface area contributed by atoms with Crippen molar-refractivity contribution in [2.45, 2.75) is 51.5 Å². The maximum atomic E-state index is 11.4. The van der Waals surface area contributed by atoms with Crippen LogP contribution in [0.1, 0.15) is 53.0 Å². The van der Waals surface area contributed by atoms with Crippen LogP contribution in [-0.4, -0.2) is 15.6 Å². The van der Waals surface area contributed by atoms with Crippen LogP contribution in [0, 0.1) is 0 Å². The van der Waals surface area contributed by atoms with Gasteiger partial charge in [0.05, 0.1) is 5.56 Å². The SMILES string of the molecule is O=C(O)c1c2c(n3c1CCCC3)CCCC2. The molecule has 16 heavy (non-hydrogen) atoms. The summed E-state index contributed by atoms with van der Waals surface area (Å²) in [7, 11) is 0. The molecule has 0 fully saturated rings. The lowest BCUT2D eigenvalue weighted by Gasteiger charge is -2.19. The van der Waals surface area contributed by atoms with E-state index in [9.17, 15) is 9.90 Å². The largest absolute Gasteiger partial charge is 0.478 e. The molecule has 0 bridgehead atoms. The summed E-state index contributed by atoms with van der Waals surface area (Å²) in [6, 6.07) is 0. The molecule has 0 saturated heterocycles. The van der Waals surface area contributed by atoms with Crippen molar-refractivity contribution in [2.24, 2.45) is 0 Å². The average molecular weight is 219 g/mol. The van der Waals surface area contributed by atoms with Crippen molar-refractivity contribution in [3.05, 3.63) is 22.5 Å². The molecule has 3 heteroatoms. The van der Waals surface area contributed by atoms with Crippen molar-refractivity contribution < 1.29 is 9.90 Å². The van der Waals surface area contributed by atoms with E-state index in [2.05, 4.69) is 4.57 Å². The van der Waals surface area contributed by atoms with Crippen LogP contribution in [0.25, 0.3) is 0 Å². The summed E-state index contributed by atoms with van der Waals surface area (Å²) in [5, 5.41) is 9.37. The molecule has 0 aromatic carbocycles. The van der Waals surface area contributed by atoms with Crippen molar-refractivity contribution in [1.82, 2.24) is 4.57 Å². The summed E-state index contributed by atoms with van der Waals surface area (Å²) in [4.78, 5) is 11.4. The van der Waals surface area contributed by atoms with Gasteiger partial charge in [0.25, 0.3) is 0 Å². The van der Waals surface area contributed by atoms with Crippen LogP contribution in [0.5, 0.6) is 0 Å². The van der Waals surface area contributed by atoms with Gasteiger partial charge in [0, 0.05) is 17.9 Å². The molecule has 0 spiro atoms. The highest BCUT2D eigenvalue weighted by Crippen LogP contribution is 2.33. The highest BCUT2D eigenvalue weighted by atomic mass is 16.4. The van der Waals surface area contributed by atoms with Gasteiger partial charge in [-0.15, -0.1) is 0 Å². The summed E-state index contributed by atoms with van der Waals surface area (Å²) in [6.45, 7) is 1.03. The molecule has 1 aromatic rings. The molecule has 2 aliphatic rings. The fourth-order valence-electron chi connectivity index (χ4n) is 3.27. The lowest BCUT2D eigenvalue weighted by molar-refractivity contribution is 0.0694. The van der Waals surface area contributed by atoms with Gasteiger partial charge in [-0.25, -0.2) is 4.79 Å². The maximum absolute atomic E-state index is 11.4. The van der Waals surface area contributed by atoms with Gasteiger partial charge in [-0.05, 0) is 50.5 Å². The van der Waals surface area contributed by atoms with Gasteiger partial charge < -0.3 is 9.67 Å². The third-order valence-corrected chi connectivity index (χ3v) is 3.94. The van der Waals surface area contributed by atoms with E-state index in [1.54, 1.807) is 0 Å². The highest BCUT2D eigenvalue weighted by Gasteiger charge is 2.29. The van der Waals surface area contributed by atoms with E-state index in [4.69, 9.17) is 0 Å². The molecular weight excluding hydrogens is 202 g/mol. The molecule has 0 unspecified atom stereocenters. The summed E-state index contributed by atoms with van der Waals surface area (Å²) in [5.41, 5.74) is 4.23. The number of hydrogen-bond acceptors (Lipinski definition) is 1. The van der Waals surface area contributed by atoms with E-state index in [1.165, 1.54) is 18.5 Å². The Labute approximate surface area is 95.1 Å². The van der Waals surface area contributed by atoms with Crippen LogP contribution < -0.4 is 0 Å². The minimum absolute atomic E-state index is 0.648. The van der Waals surface area contributed by atoms with Crippen LogP contribution >= 0.6 is 0 Å². The third kappa shape index (κ3) is 1.30. The molecule has 2 heterocycles. The minimum atomic E-state index is -0.714. The van der Waals surface area contributed by atoms with E-state index in [0.29, 0.717) is 5.56 Å². The first-order valence-electron chi connectivity index (χ1n) is 6.25. The third-order valence-electron chi connectivity index (χ3n) is 3.94. The Morgan fingerprint density at radius 1 is 1.00 bits per heavy atom. The molecule has 1 N–H and O–H groups in total. The maximum Gasteiger partial charge on any atom is 0.337 e. The van der Waals surface area contributed by atoms with E-state index in [-0.39, 0.29) is 0 Å². The Balaban J connectivity index is 2.22. The Morgan fingerprint density at radius 3 is 2.50 bits per heavy atom. The molecule has 0 radical (unpaired) electrons. The smallest absolute Gasteiger partial charge is 0.337 e. The average Bonchev–Trinajstić information content (AvgIpc) is 2.63. The Hall–Kier alpha value is -1.25. The van der Waals surface area contributed by atoms with Crippen LogP contribution in [0.3, 0.4) is 0 Å². The van der Waals surface area contributed by atoms with Crippen molar-refractivity contribution >= 4 is 5.97 Å². The standard InChI is InChI=1S/C13H17NO2/c15-13(16)12-9-5-1-2-6-10(9)14-8-4-3-7-11(12)14/h1-8H2,(H,15,16). The second-order valence-electron chi connectivity index (χ2n) is 4.87. The number of carboxylic acids is 1. The predicted octanol–water partition coefficient (Wildman–Crippen LogP) is 2.40. The van der Waals surface area contributed by atoms with E-state index in [1.807, 2.05) is 0 Å². The molecule has 3 nitrogen and oxygen atoms in total. The van der Waals surface area contributed by atoms with Gasteiger partial charge in [-0.3, -0.25) is 0 Å². The van der Waals surface area contributed by atoms with Gasteiger partial charge in [0.2, 0.25) is 0 Å². The Kier molecular flexibility index (Phi) is 2.27. The van der Waals surface area contributed by atoms with Crippen molar-refractivity contribution in [1.29, 1.82) is 0 Å². The molecule has 0 amide bonds. The molecular formula is C13H17NO2. The van der Waals surface area contributed by atoms with Crippen molar-refractivity contribution in [2.75, 3.05) is 0 Å². The minimum Gasteiger partial charge on any atom is -0.478 e. The molecule has 0 saturated carbocycles. The molecule has 1 aromatic heterocycles. The quantitative estimate of drug-likeness (QED) is 0.788. The fourth-order valence-corrected chi connectivity index (χ4v) is 3.27. The zero-order chi connectivity index (χ0) is 11.1. The van der Waals surface area contributed by atoms with Crippen LogP contribution in [-0.2, 0) is 25.8 Å². The molecule has 1 aliphatic carbocycles. The summed E-state index contributed by atoms with van der Waals surface area (Å²) >= 11 is 0. The number of aromatic carboxylic acids is 1. The number of nitrogens with zero attached hydrogens (tertiary/aromatic N) is 1. The van der Waals surface area contributed by atoms with Gasteiger partial charge in [-0.1, -0.05) is 0 Å². The second kappa shape index (κ2) is 3.65. The lowest BCUT2D eigenvalue weighted by atomic mass is 9.94. The number of rotatable bonds is 1. The number of aromatic nitrogens is 1. The van der Waals surface area contributed by atoms with E-state index >= 15 is 0 Å². The fraction of sp³-hybridized carbons (Fsp3) is 0.615. The van der Waals surface area contributed by atoms with E-state index in [0.717, 1.165) is 49.9 Å². The van der Waals surface area contributed by atoms with Gasteiger partial charge >= 0.3 is 5.97 Å². The summed E-state index contributed by atoms with van der Waals surface area (Å²) < 4.78 is 2.31. The summed E-state index contributed by atoms with van der Waals surface area (Å²) in [5.74, 6) is -0.714. The molecule has 0 atom stereocenters. The normalized spacial score (nSPS) is 19.0. The van der Waals surface area contributed by atoms with Crippen molar-refractivity contribution in [3.8, 4) is 0 Å². The predicted molar refractivity (Wildman–Crippen MR) is 61.0 cm³/mol. The molecule has 86 valence electrons. The monoisotopic (exact) mass is 219 g/mol. The van der Waals surface area contributed by atoms with Crippen molar-refractivity contribution in [3.63, 3.8) is 0 Å². The van der Waals surface area contributed by atoms with Crippen LogP contribution in [0.4, 0.5) is 0 Å². The Morgan fingerprint density at radius 2 is 1.69 bits per heavy atom. The van der Waals surface area contributed by atoms with Crippen LogP contribution in [0.2, 0.25) is 0 Å². The number of carboxylic acid groups (broad SMARTS) is 1. The number of hydrogen-bond donors (Lipinski definition) is 1. The topological polar surface area (TPSA) is 42.2 Å². The number of carbonyl (C=O) groups is 1. The van der Waals surface area contributed by atoms with Gasteiger partial charge in [0.1, 0.15) is 0 Å².